The van der Waals surface area contributed by atoms with Crippen LogP contribution in [0, 0.1) is 0 Å². The second kappa shape index (κ2) is 10.2. The smallest absolute Gasteiger partial charge is 0.161 e. The molecule has 1 N–H and O–H groups in total. The van der Waals surface area contributed by atoms with Gasteiger partial charge in [0.2, 0.25) is 0 Å². The lowest BCUT2D eigenvalue weighted by atomic mass is 10.0. The standard InChI is InChI=1S/C17H26N2O2.2ClH/c1-20-16-6-2-3-7-17(16)21-15-8-11-19(12-9-15)14-5-4-10-18-13-14;;/h2-3,6-7,14-15,18H,4-5,8-13H2,1H3;2*1H. The first-order valence-electron chi connectivity index (χ1n) is 8.11. The van der Waals surface area contributed by atoms with Crippen molar-refractivity contribution in [3.05, 3.63) is 24.3 Å². The first kappa shape index (κ1) is 20.4. The summed E-state index contributed by atoms with van der Waals surface area (Å²) in [6, 6.07) is 8.66. The van der Waals surface area contributed by atoms with Crippen molar-refractivity contribution in [3.8, 4) is 11.5 Å². The second-order valence-corrected chi connectivity index (χ2v) is 6.00. The molecule has 2 aliphatic rings. The first-order valence-corrected chi connectivity index (χ1v) is 8.11. The molecule has 0 spiro atoms. The lowest BCUT2D eigenvalue weighted by molar-refractivity contribution is 0.0657. The lowest BCUT2D eigenvalue weighted by Crippen LogP contribution is -2.50. The summed E-state index contributed by atoms with van der Waals surface area (Å²) in [4.78, 5) is 2.63. The van der Waals surface area contributed by atoms with Gasteiger partial charge >= 0.3 is 0 Å². The van der Waals surface area contributed by atoms with Crippen LogP contribution in [0.3, 0.4) is 0 Å². The third kappa shape index (κ3) is 5.42. The summed E-state index contributed by atoms with van der Waals surface area (Å²) in [5.41, 5.74) is 0. The first-order chi connectivity index (χ1) is 10.4. The summed E-state index contributed by atoms with van der Waals surface area (Å²) < 4.78 is 11.5. The van der Waals surface area contributed by atoms with Gasteiger partial charge in [0.25, 0.3) is 0 Å². The molecule has 4 nitrogen and oxygen atoms in total. The van der Waals surface area contributed by atoms with E-state index in [0.29, 0.717) is 6.10 Å². The molecule has 23 heavy (non-hydrogen) atoms. The molecule has 2 aliphatic heterocycles. The SMILES string of the molecule is COc1ccccc1OC1CCN(C2CCCNC2)CC1.Cl.Cl. The highest BCUT2D eigenvalue weighted by molar-refractivity contribution is 5.85. The monoisotopic (exact) mass is 362 g/mol. The number of halogens is 2. The summed E-state index contributed by atoms with van der Waals surface area (Å²) >= 11 is 0. The number of ether oxygens (including phenoxy) is 2. The van der Waals surface area contributed by atoms with Crippen LogP contribution in [0.2, 0.25) is 0 Å². The Labute approximate surface area is 151 Å². The van der Waals surface area contributed by atoms with Gasteiger partial charge in [-0.15, -0.1) is 24.8 Å². The number of nitrogens with one attached hydrogen (secondary N) is 1. The quantitative estimate of drug-likeness (QED) is 0.891. The Morgan fingerprint density at radius 1 is 1.04 bits per heavy atom. The minimum absolute atomic E-state index is 0. The Balaban J connectivity index is 0.00000132. The molecule has 2 heterocycles. The van der Waals surface area contributed by atoms with Gasteiger partial charge in [0.15, 0.2) is 11.5 Å². The molecule has 0 aliphatic carbocycles. The van der Waals surface area contributed by atoms with Crippen molar-refractivity contribution in [2.75, 3.05) is 33.3 Å². The third-order valence-corrected chi connectivity index (χ3v) is 4.63. The number of methoxy groups -OCH3 is 1. The summed E-state index contributed by atoms with van der Waals surface area (Å²) in [6.45, 7) is 4.63. The normalized spacial score (nSPS) is 22.6. The topological polar surface area (TPSA) is 33.7 Å². The Morgan fingerprint density at radius 3 is 2.35 bits per heavy atom. The number of benzene rings is 1. The van der Waals surface area contributed by atoms with Gasteiger partial charge in [0, 0.05) is 25.7 Å². The highest BCUT2D eigenvalue weighted by atomic mass is 35.5. The molecule has 1 aromatic rings. The molecule has 132 valence electrons. The Bertz CT molecular complexity index is 448. The fourth-order valence-electron chi connectivity index (χ4n) is 3.40. The van der Waals surface area contributed by atoms with Crippen molar-refractivity contribution in [3.63, 3.8) is 0 Å². The van der Waals surface area contributed by atoms with E-state index in [1.807, 2.05) is 24.3 Å². The average molecular weight is 363 g/mol. The molecular weight excluding hydrogens is 335 g/mol. The summed E-state index contributed by atoms with van der Waals surface area (Å²) in [5.74, 6) is 1.70. The average Bonchev–Trinajstić information content (AvgIpc) is 2.57. The van der Waals surface area contributed by atoms with Gasteiger partial charge in [-0.3, -0.25) is 4.90 Å². The van der Waals surface area contributed by atoms with Crippen LogP contribution in [0.4, 0.5) is 0 Å². The maximum absolute atomic E-state index is 6.15. The van der Waals surface area contributed by atoms with Gasteiger partial charge in [0.1, 0.15) is 6.10 Å². The highest BCUT2D eigenvalue weighted by Gasteiger charge is 2.27. The van der Waals surface area contributed by atoms with Crippen LogP contribution in [0.25, 0.3) is 0 Å². The van der Waals surface area contributed by atoms with E-state index in [1.54, 1.807) is 7.11 Å². The van der Waals surface area contributed by atoms with Crippen molar-refractivity contribution >= 4 is 24.8 Å². The highest BCUT2D eigenvalue weighted by Crippen LogP contribution is 2.29. The van der Waals surface area contributed by atoms with E-state index in [0.717, 1.165) is 50.0 Å². The Morgan fingerprint density at radius 2 is 1.74 bits per heavy atom. The zero-order valence-electron chi connectivity index (χ0n) is 13.7. The van der Waals surface area contributed by atoms with Gasteiger partial charge in [0.05, 0.1) is 7.11 Å². The molecule has 6 heteroatoms. The molecule has 0 amide bonds. The van der Waals surface area contributed by atoms with Crippen LogP contribution < -0.4 is 14.8 Å². The number of nitrogens with zero attached hydrogens (tertiary/aromatic N) is 1. The molecule has 1 aromatic carbocycles. The molecule has 2 fully saturated rings. The third-order valence-electron chi connectivity index (χ3n) is 4.63. The maximum atomic E-state index is 6.15. The molecule has 0 aromatic heterocycles. The number of hydrogen-bond donors (Lipinski definition) is 1. The maximum Gasteiger partial charge on any atom is 0.161 e. The minimum atomic E-state index is 0. The van der Waals surface area contributed by atoms with Crippen molar-refractivity contribution in [2.24, 2.45) is 0 Å². The van der Waals surface area contributed by atoms with Crippen molar-refractivity contribution in [2.45, 2.75) is 37.8 Å². The number of rotatable bonds is 4. The van der Waals surface area contributed by atoms with E-state index in [4.69, 9.17) is 9.47 Å². The van der Waals surface area contributed by atoms with Crippen LogP contribution in [0.5, 0.6) is 11.5 Å². The predicted octanol–water partition coefficient (Wildman–Crippen LogP) is 3.13. The van der Waals surface area contributed by atoms with Gasteiger partial charge < -0.3 is 14.8 Å². The summed E-state index contributed by atoms with van der Waals surface area (Å²) in [5, 5.41) is 3.51. The molecule has 3 rings (SSSR count). The number of para-hydroxylation sites is 2. The zero-order chi connectivity index (χ0) is 14.5. The fraction of sp³-hybridized carbons (Fsp3) is 0.647. The number of likely N-dealkylation sites (tertiary alicyclic amines) is 1. The van der Waals surface area contributed by atoms with Crippen LogP contribution in [0.1, 0.15) is 25.7 Å². The van der Waals surface area contributed by atoms with Crippen molar-refractivity contribution < 1.29 is 9.47 Å². The van der Waals surface area contributed by atoms with E-state index < -0.39 is 0 Å². The van der Waals surface area contributed by atoms with Crippen molar-refractivity contribution in [1.29, 1.82) is 0 Å². The van der Waals surface area contributed by atoms with E-state index in [1.165, 1.54) is 19.4 Å². The van der Waals surface area contributed by atoms with E-state index in [-0.39, 0.29) is 24.8 Å². The molecule has 0 radical (unpaired) electrons. The summed E-state index contributed by atoms with van der Waals surface area (Å²) in [6.07, 6.45) is 5.17. The second-order valence-electron chi connectivity index (χ2n) is 6.00. The van der Waals surface area contributed by atoms with Gasteiger partial charge in [-0.2, -0.15) is 0 Å². The molecule has 0 saturated carbocycles. The van der Waals surface area contributed by atoms with Gasteiger partial charge in [-0.1, -0.05) is 12.1 Å². The fourth-order valence-corrected chi connectivity index (χ4v) is 3.40. The molecule has 1 unspecified atom stereocenters. The summed E-state index contributed by atoms with van der Waals surface area (Å²) in [7, 11) is 1.70. The Hall–Kier alpha value is -0.680. The molecular formula is C17H28Cl2N2O2. The largest absolute Gasteiger partial charge is 0.493 e. The minimum Gasteiger partial charge on any atom is -0.493 e. The molecule has 1 atom stereocenters. The number of hydrogen-bond acceptors (Lipinski definition) is 4. The van der Waals surface area contributed by atoms with E-state index in [9.17, 15) is 0 Å². The molecule has 2 saturated heterocycles. The molecule has 0 bridgehead atoms. The zero-order valence-corrected chi connectivity index (χ0v) is 15.3. The van der Waals surface area contributed by atoms with E-state index >= 15 is 0 Å². The predicted molar refractivity (Wildman–Crippen MR) is 98.6 cm³/mol. The van der Waals surface area contributed by atoms with Crippen molar-refractivity contribution in [1.82, 2.24) is 10.2 Å². The Kier molecular flexibility index (Phi) is 9.07. The van der Waals surface area contributed by atoms with Crippen LogP contribution in [0.15, 0.2) is 24.3 Å². The van der Waals surface area contributed by atoms with Crippen LogP contribution in [-0.2, 0) is 0 Å². The van der Waals surface area contributed by atoms with Gasteiger partial charge in [-0.25, -0.2) is 0 Å². The lowest BCUT2D eigenvalue weighted by Gasteiger charge is -2.39. The van der Waals surface area contributed by atoms with Crippen LogP contribution in [-0.4, -0.2) is 50.3 Å². The number of piperidine rings is 2. The van der Waals surface area contributed by atoms with E-state index in [2.05, 4.69) is 10.2 Å². The van der Waals surface area contributed by atoms with Gasteiger partial charge in [-0.05, 0) is 44.4 Å². The van der Waals surface area contributed by atoms with Crippen LogP contribution >= 0.6 is 24.8 Å².